The highest BCUT2D eigenvalue weighted by Gasteiger charge is 2.39. The number of alkyl halides is 3. The van der Waals surface area contributed by atoms with E-state index in [-0.39, 0.29) is 41.3 Å². The number of hydrogen-bond donors (Lipinski definition) is 3. The molecule has 208 valence electrons. The van der Waals surface area contributed by atoms with Crippen LogP contribution in [0.5, 0.6) is 0 Å². The van der Waals surface area contributed by atoms with E-state index in [1.807, 2.05) is 13.8 Å². The molecular weight excluding hydrogens is 578 g/mol. The van der Waals surface area contributed by atoms with Crippen LogP contribution in [-0.2, 0) is 21.2 Å². The van der Waals surface area contributed by atoms with Gasteiger partial charge in [0.2, 0.25) is 10.0 Å². The molecule has 0 aliphatic rings. The molecule has 1 heterocycles. The quantitative estimate of drug-likeness (QED) is 0.338. The first-order chi connectivity index (χ1) is 16.8. The second-order valence-electron chi connectivity index (χ2n) is 9.08. The van der Waals surface area contributed by atoms with E-state index >= 15 is 0 Å². The maximum absolute atomic E-state index is 12.9. The predicted octanol–water partition coefficient (Wildman–Crippen LogP) is 4.81. The first kappa shape index (κ1) is 31.7. The van der Waals surface area contributed by atoms with Gasteiger partial charge in [-0.15, -0.1) is 11.3 Å². The second kappa shape index (κ2) is 12.1. The van der Waals surface area contributed by atoms with Gasteiger partial charge in [-0.2, -0.15) is 17.9 Å². The van der Waals surface area contributed by atoms with Gasteiger partial charge in [0.25, 0.3) is 5.91 Å². The van der Waals surface area contributed by atoms with Crippen molar-refractivity contribution in [2.24, 2.45) is 0 Å². The lowest BCUT2D eigenvalue weighted by Gasteiger charge is -2.18. The summed E-state index contributed by atoms with van der Waals surface area (Å²) in [6, 6.07) is -0.0252. The third-order valence-electron chi connectivity index (χ3n) is 4.77. The average molecular weight is 607 g/mol. The monoisotopic (exact) mass is 605 g/mol. The van der Waals surface area contributed by atoms with Crippen LogP contribution in [0.1, 0.15) is 50.1 Å². The normalized spacial score (nSPS) is 13.7. The summed E-state index contributed by atoms with van der Waals surface area (Å²) in [6.07, 6.45) is -4.59. The van der Waals surface area contributed by atoms with E-state index in [9.17, 15) is 31.5 Å². The molecule has 1 aromatic carbocycles. The number of aromatic nitrogens is 1. The molecule has 0 aliphatic heterocycles. The van der Waals surface area contributed by atoms with E-state index in [1.165, 1.54) is 24.6 Å². The second-order valence-corrected chi connectivity index (χ2v) is 12.5. The van der Waals surface area contributed by atoms with Gasteiger partial charge >= 0.3 is 6.18 Å². The Morgan fingerprint density at radius 2 is 1.81 bits per heavy atom. The van der Waals surface area contributed by atoms with Gasteiger partial charge in [-0.25, -0.2) is 13.4 Å². The van der Waals surface area contributed by atoms with Crippen molar-refractivity contribution < 1.29 is 36.2 Å². The van der Waals surface area contributed by atoms with Crippen LogP contribution in [-0.4, -0.2) is 61.5 Å². The van der Waals surface area contributed by atoms with E-state index in [1.54, 1.807) is 0 Å². The Labute approximate surface area is 227 Å². The van der Waals surface area contributed by atoms with Crippen LogP contribution in [0.15, 0.2) is 17.0 Å². The third-order valence-corrected chi connectivity index (χ3v) is 8.47. The number of thiazole rings is 1. The Kier molecular flexibility index (Phi) is 10.4. The topological polar surface area (TPSA) is 118 Å². The number of ether oxygens (including phenoxy) is 1. The van der Waals surface area contributed by atoms with Crippen LogP contribution in [0.2, 0.25) is 10.0 Å². The zero-order valence-electron chi connectivity index (χ0n) is 20.7. The number of hydrogen-bond acceptors (Lipinski definition) is 7. The first-order valence-corrected chi connectivity index (χ1v) is 14.1. The molecule has 8 nitrogen and oxygen atoms in total. The van der Waals surface area contributed by atoms with Crippen LogP contribution in [0.4, 0.5) is 13.2 Å². The van der Waals surface area contributed by atoms with Crippen molar-refractivity contribution >= 4 is 50.5 Å². The van der Waals surface area contributed by atoms with Crippen molar-refractivity contribution in [3.63, 3.8) is 0 Å². The number of nitrogens with one attached hydrogen (secondary N) is 2. The Balaban J connectivity index is 2.49. The van der Waals surface area contributed by atoms with E-state index in [0.717, 1.165) is 17.4 Å². The Hall–Kier alpha value is -1.48. The number of benzene rings is 1. The predicted molar refractivity (Wildman–Crippen MR) is 137 cm³/mol. The van der Waals surface area contributed by atoms with Gasteiger partial charge in [-0.3, -0.25) is 4.79 Å². The SMILES string of the molecule is CC(C)OCCc1nc(C(=O)NCC(C)(C)O)sc1-c1ccc(S(=O)(=O)N[C@@H](C)C(F)(F)F)c(Cl)c1Cl. The number of nitrogens with zero attached hydrogens (tertiary/aromatic N) is 1. The van der Waals surface area contributed by atoms with Gasteiger partial charge in [0.15, 0.2) is 5.01 Å². The van der Waals surface area contributed by atoms with Crippen LogP contribution in [0.3, 0.4) is 0 Å². The summed E-state index contributed by atoms with van der Waals surface area (Å²) in [7, 11) is -4.66. The molecular formula is C22H28Cl2F3N3O5S2. The van der Waals surface area contributed by atoms with Crippen molar-refractivity contribution in [2.75, 3.05) is 13.2 Å². The fraction of sp³-hybridized carbons (Fsp3) is 0.545. The molecule has 3 N–H and O–H groups in total. The highest BCUT2D eigenvalue weighted by molar-refractivity contribution is 7.89. The molecule has 1 amide bonds. The van der Waals surface area contributed by atoms with Gasteiger partial charge in [-0.1, -0.05) is 29.3 Å². The lowest BCUT2D eigenvalue weighted by atomic mass is 10.1. The van der Waals surface area contributed by atoms with E-state index in [2.05, 4.69) is 10.3 Å². The molecule has 0 saturated heterocycles. The van der Waals surface area contributed by atoms with Crippen molar-refractivity contribution in [2.45, 2.75) is 69.9 Å². The standard InChI is InChI=1S/C22H28Cl2F3N3O5S2/c1-11(2)35-9-8-14-18(36-20(29-14)19(31)28-10-21(4,5)32)13-6-7-15(17(24)16(13)23)37(33,34)30-12(3)22(25,26)27/h6-7,11-12,30,32H,8-10H2,1-5H3,(H,28,31)/t12-/m0/s1. The summed E-state index contributed by atoms with van der Waals surface area (Å²) >= 11 is 13.6. The largest absolute Gasteiger partial charge is 0.404 e. The van der Waals surface area contributed by atoms with Crippen molar-refractivity contribution in [1.29, 1.82) is 0 Å². The molecule has 2 rings (SSSR count). The highest BCUT2D eigenvalue weighted by Crippen LogP contribution is 2.41. The summed E-state index contributed by atoms with van der Waals surface area (Å²) in [5.41, 5.74) is -0.482. The zero-order valence-corrected chi connectivity index (χ0v) is 23.8. The van der Waals surface area contributed by atoms with Gasteiger partial charge in [0.05, 0.1) is 38.9 Å². The molecule has 37 heavy (non-hydrogen) atoms. The smallest absolute Gasteiger partial charge is 0.389 e. The first-order valence-electron chi connectivity index (χ1n) is 11.0. The average Bonchev–Trinajstić information content (AvgIpc) is 3.15. The number of halogens is 5. The molecule has 0 aliphatic carbocycles. The summed E-state index contributed by atoms with van der Waals surface area (Å²) in [4.78, 5) is 16.8. The van der Waals surface area contributed by atoms with Gasteiger partial charge in [-0.05, 0) is 40.7 Å². The van der Waals surface area contributed by atoms with E-state index < -0.39 is 43.7 Å². The molecule has 0 spiro atoms. The molecule has 0 fully saturated rings. The van der Waals surface area contributed by atoms with Crippen molar-refractivity contribution in [3.05, 3.63) is 32.9 Å². The number of carbonyl (C=O) groups excluding carboxylic acids is 1. The molecule has 0 unspecified atom stereocenters. The maximum Gasteiger partial charge on any atom is 0.404 e. The number of aliphatic hydroxyl groups is 1. The minimum atomic E-state index is -4.80. The Morgan fingerprint density at radius 1 is 1.19 bits per heavy atom. The fourth-order valence-electron chi connectivity index (χ4n) is 2.87. The van der Waals surface area contributed by atoms with Crippen LogP contribution in [0.25, 0.3) is 10.4 Å². The van der Waals surface area contributed by atoms with Crippen LogP contribution < -0.4 is 10.0 Å². The molecule has 0 radical (unpaired) electrons. The number of sulfonamides is 1. The number of carbonyl (C=O) groups is 1. The van der Waals surface area contributed by atoms with Gasteiger partial charge in [0.1, 0.15) is 10.9 Å². The van der Waals surface area contributed by atoms with Crippen LogP contribution >= 0.6 is 34.5 Å². The van der Waals surface area contributed by atoms with E-state index in [4.69, 9.17) is 27.9 Å². The van der Waals surface area contributed by atoms with Crippen LogP contribution in [0, 0.1) is 0 Å². The van der Waals surface area contributed by atoms with Gasteiger partial charge in [0, 0.05) is 18.5 Å². The number of amides is 1. The molecule has 1 aromatic heterocycles. The molecule has 1 atom stereocenters. The molecule has 2 aromatic rings. The number of rotatable bonds is 11. The summed E-state index contributed by atoms with van der Waals surface area (Å²) in [5, 5.41) is 11.8. The van der Waals surface area contributed by atoms with Gasteiger partial charge < -0.3 is 15.2 Å². The lowest BCUT2D eigenvalue weighted by Crippen LogP contribution is -2.43. The Bertz CT molecular complexity index is 1230. The zero-order chi connectivity index (χ0) is 28.3. The maximum atomic E-state index is 12.9. The third kappa shape index (κ3) is 8.77. The van der Waals surface area contributed by atoms with E-state index in [0.29, 0.717) is 17.5 Å². The summed E-state index contributed by atoms with van der Waals surface area (Å²) < 4.78 is 70.9. The fourth-order valence-corrected chi connectivity index (χ4v) is 6.08. The molecule has 15 heteroatoms. The minimum absolute atomic E-state index is 0.0327. The molecule has 0 bridgehead atoms. The summed E-state index contributed by atoms with van der Waals surface area (Å²) in [5.74, 6) is -0.545. The minimum Gasteiger partial charge on any atom is -0.389 e. The lowest BCUT2D eigenvalue weighted by molar-refractivity contribution is -0.147. The highest BCUT2D eigenvalue weighted by atomic mass is 35.5. The van der Waals surface area contributed by atoms with Crippen molar-refractivity contribution in [3.8, 4) is 10.4 Å². The van der Waals surface area contributed by atoms with Crippen molar-refractivity contribution in [1.82, 2.24) is 15.0 Å². The molecule has 0 saturated carbocycles. The summed E-state index contributed by atoms with van der Waals surface area (Å²) in [6.45, 7) is 7.63. The Morgan fingerprint density at radius 3 is 2.35 bits per heavy atom.